The summed E-state index contributed by atoms with van der Waals surface area (Å²) >= 11 is 6.11. The molecule has 0 saturated heterocycles. The molecule has 0 bridgehead atoms. The first-order valence-corrected chi connectivity index (χ1v) is 8.43. The molecule has 2 aromatic heterocycles. The van der Waals surface area contributed by atoms with Crippen molar-refractivity contribution >= 4 is 40.6 Å². The number of halogens is 1. The van der Waals surface area contributed by atoms with Crippen molar-refractivity contribution in [1.82, 2.24) is 14.7 Å². The molecule has 2 heterocycles. The Kier molecular flexibility index (Phi) is 5.09. The van der Waals surface area contributed by atoms with Crippen LogP contribution in [0, 0.1) is 0 Å². The number of carbonyl (C=O) groups is 2. The molecule has 1 aromatic carbocycles. The zero-order chi connectivity index (χ0) is 18.7. The largest absolute Gasteiger partial charge is 0.336 e. The molecule has 0 saturated carbocycles. The molecule has 0 radical (unpaired) electrons. The van der Waals surface area contributed by atoms with E-state index in [1.54, 1.807) is 47.0 Å². The molecular weight excluding hydrogens is 354 g/mol. The molecule has 3 rings (SSSR count). The predicted molar refractivity (Wildman–Crippen MR) is 102 cm³/mol. The summed E-state index contributed by atoms with van der Waals surface area (Å²) in [7, 11) is 0. The van der Waals surface area contributed by atoms with E-state index in [2.05, 4.69) is 20.9 Å². The van der Waals surface area contributed by atoms with Crippen LogP contribution in [-0.2, 0) is 0 Å². The van der Waals surface area contributed by atoms with Gasteiger partial charge in [-0.1, -0.05) is 17.7 Å². The molecule has 3 N–H and O–H groups in total. The smallest absolute Gasteiger partial charge is 0.319 e. The summed E-state index contributed by atoms with van der Waals surface area (Å²) < 4.78 is 1.63. The average molecular weight is 372 g/mol. The van der Waals surface area contributed by atoms with Crippen LogP contribution in [0.4, 0.5) is 16.2 Å². The quantitative estimate of drug-likeness (QED) is 0.652. The van der Waals surface area contributed by atoms with E-state index in [0.717, 1.165) is 0 Å². The van der Waals surface area contributed by atoms with Gasteiger partial charge in [-0.25, -0.2) is 9.78 Å². The molecule has 3 aromatic rings. The van der Waals surface area contributed by atoms with Crippen LogP contribution in [0.15, 0.2) is 48.7 Å². The number of fused-ring (bicyclic) bond motifs is 1. The highest BCUT2D eigenvalue weighted by molar-refractivity contribution is 6.33. The topological polar surface area (TPSA) is 87.5 Å². The number of urea groups is 1. The zero-order valence-corrected chi connectivity index (χ0v) is 15.0. The summed E-state index contributed by atoms with van der Waals surface area (Å²) in [5, 5.41) is 8.37. The molecule has 0 aliphatic heterocycles. The Balaban J connectivity index is 1.71. The first kappa shape index (κ1) is 17.8. The summed E-state index contributed by atoms with van der Waals surface area (Å²) in [6.45, 7) is 3.76. The first-order chi connectivity index (χ1) is 12.4. The first-order valence-electron chi connectivity index (χ1n) is 8.05. The van der Waals surface area contributed by atoms with Crippen molar-refractivity contribution in [1.29, 1.82) is 0 Å². The number of hydrogen-bond acceptors (Lipinski definition) is 3. The molecule has 0 atom stereocenters. The predicted octanol–water partition coefficient (Wildman–Crippen LogP) is 3.77. The maximum Gasteiger partial charge on any atom is 0.319 e. The van der Waals surface area contributed by atoms with Crippen LogP contribution in [0.5, 0.6) is 0 Å². The Morgan fingerprint density at radius 1 is 1.04 bits per heavy atom. The summed E-state index contributed by atoms with van der Waals surface area (Å²) in [5.74, 6) is -0.369. The number of amides is 3. The number of imidazole rings is 1. The minimum atomic E-state index is -0.369. The SMILES string of the molecule is CC(C)NC(=O)Nc1ccc(NC(=O)c2c(Cl)nc3ccccn23)cc1. The third kappa shape index (κ3) is 3.94. The highest BCUT2D eigenvalue weighted by atomic mass is 35.5. The molecule has 26 heavy (non-hydrogen) atoms. The molecule has 0 unspecified atom stereocenters. The molecule has 0 spiro atoms. The standard InChI is InChI=1S/C18H18ClN5O2/c1-11(2)20-18(26)22-13-8-6-12(7-9-13)21-17(25)15-16(19)23-14-5-3-4-10-24(14)15/h3-11H,1-2H3,(H,21,25)(H2,20,22,26). The van der Waals surface area contributed by atoms with Gasteiger partial charge >= 0.3 is 6.03 Å². The van der Waals surface area contributed by atoms with Crippen LogP contribution < -0.4 is 16.0 Å². The maximum absolute atomic E-state index is 12.6. The van der Waals surface area contributed by atoms with Gasteiger partial charge in [-0.2, -0.15) is 0 Å². The second kappa shape index (κ2) is 7.45. The fourth-order valence-electron chi connectivity index (χ4n) is 2.43. The van der Waals surface area contributed by atoms with Gasteiger partial charge in [0.05, 0.1) is 0 Å². The lowest BCUT2D eigenvalue weighted by Crippen LogP contribution is -2.34. The number of nitrogens with one attached hydrogen (secondary N) is 3. The van der Waals surface area contributed by atoms with E-state index in [9.17, 15) is 9.59 Å². The summed E-state index contributed by atoms with van der Waals surface area (Å²) in [5.41, 5.74) is 2.06. The Bertz CT molecular complexity index is 950. The minimum absolute atomic E-state index is 0.0452. The van der Waals surface area contributed by atoms with Gasteiger partial charge in [0.25, 0.3) is 5.91 Å². The second-order valence-electron chi connectivity index (χ2n) is 5.96. The summed E-state index contributed by atoms with van der Waals surface area (Å²) in [6, 6.07) is 11.9. The van der Waals surface area contributed by atoms with Gasteiger partial charge in [0, 0.05) is 23.6 Å². The molecular formula is C18H18ClN5O2. The van der Waals surface area contributed by atoms with Gasteiger partial charge < -0.3 is 16.0 Å². The van der Waals surface area contributed by atoms with Crippen molar-refractivity contribution in [2.45, 2.75) is 19.9 Å². The number of carbonyl (C=O) groups excluding carboxylic acids is 2. The number of pyridine rings is 1. The van der Waals surface area contributed by atoms with E-state index in [4.69, 9.17) is 11.6 Å². The highest BCUT2D eigenvalue weighted by Gasteiger charge is 2.18. The Morgan fingerprint density at radius 2 is 1.69 bits per heavy atom. The number of rotatable bonds is 4. The number of aromatic nitrogens is 2. The van der Waals surface area contributed by atoms with Crippen LogP contribution in [0.3, 0.4) is 0 Å². The van der Waals surface area contributed by atoms with E-state index in [1.807, 2.05) is 19.9 Å². The highest BCUT2D eigenvalue weighted by Crippen LogP contribution is 2.20. The molecule has 8 heteroatoms. The van der Waals surface area contributed by atoms with E-state index in [1.165, 1.54) is 0 Å². The van der Waals surface area contributed by atoms with Gasteiger partial charge in [0.2, 0.25) is 0 Å². The van der Waals surface area contributed by atoms with Crippen LogP contribution >= 0.6 is 11.6 Å². The second-order valence-corrected chi connectivity index (χ2v) is 6.32. The van der Waals surface area contributed by atoms with Crippen molar-refractivity contribution in [3.63, 3.8) is 0 Å². The van der Waals surface area contributed by atoms with Crippen molar-refractivity contribution in [2.24, 2.45) is 0 Å². The molecule has 0 fully saturated rings. The number of anilines is 2. The minimum Gasteiger partial charge on any atom is -0.336 e. The third-order valence-electron chi connectivity index (χ3n) is 3.52. The molecule has 134 valence electrons. The van der Waals surface area contributed by atoms with Gasteiger partial charge in [-0.05, 0) is 50.2 Å². The van der Waals surface area contributed by atoms with Crippen LogP contribution in [0.1, 0.15) is 24.3 Å². The molecule has 0 aliphatic carbocycles. The number of nitrogens with zero attached hydrogens (tertiary/aromatic N) is 2. The van der Waals surface area contributed by atoms with Crippen molar-refractivity contribution in [3.8, 4) is 0 Å². The van der Waals surface area contributed by atoms with Crippen LogP contribution in [0.2, 0.25) is 5.15 Å². The molecule has 3 amide bonds. The average Bonchev–Trinajstić information content (AvgIpc) is 2.91. The summed E-state index contributed by atoms with van der Waals surface area (Å²) in [6.07, 6.45) is 1.73. The number of hydrogen-bond donors (Lipinski definition) is 3. The van der Waals surface area contributed by atoms with Crippen LogP contribution in [-0.4, -0.2) is 27.4 Å². The van der Waals surface area contributed by atoms with E-state index in [0.29, 0.717) is 17.0 Å². The van der Waals surface area contributed by atoms with Gasteiger partial charge in [-0.3, -0.25) is 9.20 Å². The normalized spacial score (nSPS) is 10.8. The Morgan fingerprint density at radius 3 is 2.35 bits per heavy atom. The van der Waals surface area contributed by atoms with Gasteiger partial charge in [0.15, 0.2) is 10.8 Å². The Hall–Kier alpha value is -3.06. The lowest BCUT2D eigenvalue weighted by molar-refractivity contribution is 0.102. The third-order valence-corrected chi connectivity index (χ3v) is 3.79. The van der Waals surface area contributed by atoms with Gasteiger partial charge in [-0.15, -0.1) is 0 Å². The lowest BCUT2D eigenvalue weighted by atomic mass is 10.2. The number of benzene rings is 1. The van der Waals surface area contributed by atoms with E-state index in [-0.39, 0.29) is 28.8 Å². The molecule has 7 nitrogen and oxygen atoms in total. The fraction of sp³-hybridized carbons (Fsp3) is 0.167. The van der Waals surface area contributed by atoms with Crippen molar-refractivity contribution in [2.75, 3.05) is 10.6 Å². The Labute approximate surface area is 155 Å². The summed E-state index contributed by atoms with van der Waals surface area (Å²) in [4.78, 5) is 28.4. The van der Waals surface area contributed by atoms with Crippen molar-refractivity contribution < 1.29 is 9.59 Å². The maximum atomic E-state index is 12.6. The molecule has 0 aliphatic rings. The van der Waals surface area contributed by atoms with E-state index >= 15 is 0 Å². The fourth-order valence-corrected chi connectivity index (χ4v) is 2.69. The zero-order valence-electron chi connectivity index (χ0n) is 14.3. The van der Waals surface area contributed by atoms with Crippen LogP contribution in [0.25, 0.3) is 5.65 Å². The monoisotopic (exact) mass is 371 g/mol. The van der Waals surface area contributed by atoms with Crippen molar-refractivity contribution in [3.05, 3.63) is 59.5 Å². The van der Waals surface area contributed by atoms with E-state index < -0.39 is 0 Å². The van der Waals surface area contributed by atoms with Gasteiger partial charge in [0.1, 0.15) is 5.65 Å². The lowest BCUT2D eigenvalue weighted by Gasteiger charge is -2.11.